The van der Waals surface area contributed by atoms with Crippen molar-refractivity contribution >= 4 is 8.80 Å². The van der Waals surface area contributed by atoms with Crippen LogP contribution in [0, 0.1) is 17.6 Å². The number of hydrogen-bond donors (Lipinski definition) is 0. The summed E-state index contributed by atoms with van der Waals surface area (Å²) in [5.41, 5.74) is 3.08. The maximum absolute atomic E-state index is 13.4. The standard InChI is InChI=1S/C22H28F2Si/c1-16(2)9-12-25-13-10-19(11-14-25)17-3-5-18(6-4-17)20-7-8-21(23)22(24)15-20/h3-8,15-16,19,25H,9-14H2,1-2H3/t19-,25-. The average molecular weight is 359 g/mol. The van der Waals surface area contributed by atoms with Gasteiger partial charge in [0.1, 0.15) is 0 Å². The number of hydrogen-bond acceptors (Lipinski definition) is 0. The van der Waals surface area contributed by atoms with Gasteiger partial charge in [-0.15, -0.1) is 0 Å². The Hall–Kier alpha value is -1.48. The van der Waals surface area contributed by atoms with E-state index in [-0.39, 0.29) is 0 Å². The molecule has 0 bridgehead atoms. The summed E-state index contributed by atoms with van der Waals surface area (Å²) in [6, 6.07) is 17.0. The van der Waals surface area contributed by atoms with Crippen molar-refractivity contribution in [2.24, 2.45) is 5.92 Å². The highest BCUT2D eigenvalue weighted by Crippen LogP contribution is 2.36. The van der Waals surface area contributed by atoms with Crippen molar-refractivity contribution in [1.29, 1.82) is 0 Å². The second-order valence-electron chi connectivity index (χ2n) is 7.94. The molecular formula is C22H28F2Si. The molecule has 0 saturated carbocycles. The van der Waals surface area contributed by atoms with Crippen molar-refractivity contribution in [2.75, 3.05) is 0 Å². The predicted molar refractivity (Wildman–Crippen MR) is 105 cm³/mol. The predicted octanol–water partition coefficient (Wildman–Crippen LogP) is 6.78. The zero-order chi connectivity index (χ0) is 17.8. The van der Waals surface area contributed by atoms with Crippen molar-refractivity contribution in [3.8, 4) is 11.1 Å². The molecule has 0 amide bonds. The van der Waals surface area contributed by atoms with E-state index in [1.807, 2.05) is 12.1 Å². The van der Waals surface area contributed by atoms with Crippen molar-refractivity contribution in [3.05, 3.63) is 59.7 Å². The Morgan fingerprint density at radius 3 is 2.16 bits per heavy atom. The fraction of sp³-hybridized carbons (Fsp3) is 0.455. The third kappa shape index (κ3) is 4.78. The Morgan fingerprint density at radius 2 is 1.56 bits per heavy atom. The monoisotopic (exact) mass is 358 g/mol. The van der Waals surface area contributed by atoms with Crippen LogP contribution >= 0.6 is 0 Å². The Morgan fingerprint density at radius 1 is 0.920 bits per heavy atom. The quantitative estimate of drug-likeness (QED) is 0.517. The van der Waals surface area contributed by atoms with Crippen LogP contribution in [0.2, 0.25) is 18.1 Å². The molecule has 0 unspecified atom stereocenters. The molecule has 0 nitrogen and oxygen atoms in total. The Bertz CT molecular complexity index is 686. The fourth-order valence-corrected chi connectivity index (χ4v) is 7.73. The van der Waals surface area contributed by atoms with E-state index >= 15 is 0 Å². The van der Waals surface area contributed by atoms with Gasteiger partial charge in [0.05, 0.1) is 0 Å². The molecule has 3 heteroatoms. The van der Waals surface area contributed by atoms with Crippen LogP contribution in [0.3, 0.4) is 0 Å². The smallest absolute Gasteiger partial charge is 0.159 e. The summed E-state index contributed by atoms with van der Waals surface area (Å²) in [6.45, 7) is 4.66. The zero-order valence-corrected chi connectivity index (χ0v) is 16.4. The van der Waals surface area contributed by atoms with Crippen molar-refractivity contribution < 1.29 is 8.78 Å². The minimum Gasteiger partial charge on any atom is -0.204 e. The van der Waals surface area contributed by atoms with Gasteiger partial charge in [0, 0.05) is 8.80 Å². The largest absolute Gasteiger partial charge is 0.204 e. The van der Waals surface area contributed by atoms with Crippen LogP contribution in [0.15, 0.2) is 42.5 Å². The molecule has 2 aromatic carbocycles. The van der Waals surface area contributed by atoms with E-state index in [2.05, 4.69) is 26.0 Å². The van der Waals surface area contributed by atoms with Crippen LogP contribution in [0.1, 0.15) is 44.6 Å². The molecule has 1 heterocycles. The fourth-order valence-electron chi connectivity index (χ4n) is 3.98. The molecule has 2 aromatic rings. The molecule has 0 radical (unpaired) electrons. The molecule has 1 fully saturated rings. The highest BCUT2D eigenvalue weighted by atomic mass is 28.3. The first kappa shape index (κ1) is 18.3. The normalized spacial score (nSPS) is 20.8. The minimum atomic E-state index is -0.793. The number of benzene rings is 2. The SMILES string of the molecule is CC(C)CC[Si@H]1CC[C@H](c2ccc(-c3ccc(F)c(F)c3)cc2)CC1. The lowest BCUT2D eigenvalue weighted by molar-refractivity contribution is 0.509. The lowest BCUT2D eigenvalue weighted by Crippen LogP contribution is -2.20. The third-order valence-electron chi connectivity index (χ3n) is 5.63. The molecule has 0 spiro atoms. The van der Waals surface area contributed by atoms with E-state index in [0.717, 1.165) is 17.0 Å². The van der Waals surface area contributed by atoms with E-state index in [1.54, 1.807) is 6.07 Å². The van der Waals surface area contributed by atoms with Crippen molar-refractivity contribution in [3.63, 3.8) is 0 Å². The summed E-state index contributed by atoms with van der Waals surface area (Å²) in [7, 11) is -0.491. The Labute approximate surface area is 151 Å². The van der Waals surface area contributed by atoms with E-state index in [1.165, 1.54) is 55.1 Å². The maximum Gasteiger partial charge on any atom is 0.159 e. The molecule has 1 saturated heterocycles. The van der Waals surface area contributed by atoms with Crippen LogP contribution < -0.4 is 0 Å². The molecular weight excluding hydrogens is 330 g/mol. The highest BCUT2D eigenvalue weighted by molar-refractivity contribution is 6.59. The molecule has 134 valence electrons. The zero-order valence-electron chi connectivity index (χ0n) is 15.3. The second-order valence-corrected chi connectivity index (χ2v) is 11.4. The average Bonchev–Trinajstić information content (AvgIpc) is 2.63. The number of halogens is 2. The Kier molecular flexibility index (Phi) is 6.05. The first-order chi connectivity index (χ1) is 12.0. The first-order valence-corrected chi connectivity index (χ1v) is 12.0. The van der Waals surface area contributed by atoms with Crippen molar-refractivity contribution in [2.45, 2.75) is 57.2 Å². The van der Waals surface area contributed by atoms with Crippen LogP contribution in [0.5, 0.6) is 0 Å². The molecule has 1 aliphatic rings. The molecule has 0 aliphatic carbocycles. The number of rotatable bonds is 5. The molecule has 0 N–H and O–H groups in total. The minimum absolute atomic E-state index is 0.491. The van der Waals surface area contributed by atoms with Gasteiger partial charge in [0.25, 0.3) is 0 Å². The third-order valence-corrected chi connectivity index (χ3v) is 9.08. The van der Waals surface area contributed by atoms with Crippen LogP contribution in [-0.2, 0) is 0 Å². The van der Waals surface area contributed by atoms with Gasteiger partial charge in [0.2, 0.25) is 0 Å². The molecule has 25 heavy (non-hydrogen) atoms. The Balaban J connectivity index is 1.60. The van der Waals surface area contributed by atoms with Crippen LogP contribution in [-0.4, -0.2) is 8.80 Å². The van der Waals surface area contributed by atoms with Gasteiger partial charge in [-0.2, -0.15) is 0 Å². The lowest BCUT2D eigenvalue weighted by Gasteiger charge is -2.28. The van der Waals surface area contributed by atoms with Crippen molar-refractivity contribution in [1.82, 2.24) is 0 Å². The molecule has 0 aromatic heterocycles. The van der Waals surface area contributed by atoms with Gasteiger partial charge in [-0.1, -0.05) is 68.7 Å². The van der Waals surface area contributed by atoms with Gasteiger partial charge in [0.15, 0.2) is 11.6 Å². The first-order valence-electron chi connectivity index (χ1n) is 9.58. The maximum atomic E-state index is 13.4. The summed E-state index contributed by atoms with van der Waals surface area (Å²) in [5.74, 6) is -0.0547. The van der Waals surface area contributed by atoms with Crippen LogP contribution in [0.25, 0.3) is 11.1 Å². The lowest BCUT2D eigenvalue weighted by atomic mass is 9.92. The van der Waals surface area contributed by atoms with Gasteiger partial charge < -0.3 is 0 Å². The summed E-state index contributed by atoms with van der Waals surface area (Å²) in [6.07, 6.45) is 4.07. The molecule has 3 rings (SSSR count). The second kappa shape index (κ2) is 8.26. The van der Waals surface area contributed by atoms with Gasteiger partial charge in [-0.05, 0) is 53.5 Å². The summed E-state index contributed by atoms with van der Waals surface area (Å²) >= 11 is 0. The van der Waals surface area contributed by atoms with E-state index in [0.29, 0.717) is 5.92 Å². The van der Waals surface area contributed by atoms with E-state index in [9.17, 15) is 8.78 Å². The molecule has 1 aliphatic heterocycles. The summed E-state index contributed by atoms with van der Waals surface area (Å²) < 4.78 is 26.5. The van der Waals surface area contributed by atoms with Gasteiger partial charge in [-0.3, -0.25) is 0 Å². The van der Waals surface area contributed by atoms with Crippen LogP contribution in [0.4, 0.5) is 8.78 Å². The topological polar surface area (TPSA) is 0 Å². The highest BCUT2D eigenvalue weighted by Gasteiger charge is 2.23. The van der Waals surface area contributed by atoms with E-state index in [4.69, 9.17) is 0 Å². The van der Waals surface area contributed by atoms with Gasteiger partial charge in [-0.25, -0.2) is 8.78 Å². The van der Waals surface area contributed by atoms with Gasteiger partial charge >= 0.3 is 0 Å². The molecule has 0 atom stereocenters. The summed E-state index contributed by atoms with van der Waals surface area (Å²) in [4.78, 5) is 0. The van der Waals surface area contributed by atoms with E-state index < -0.39 is 20.4 Å². The summed E-state index contributed by atoms with van der Waals surface area (Å²) in [5, 5.41) is 0.